The molecule has 1 heterocycles. The van der Waals surface area contributed by atoms with Crippen molar-refractivity contribution >= 4 is 21.6 Å². The predicted octanol–water partition coefficient (Wildman–Crippen LogP) is 4.19. The molecule has 4 rings (SSSR count). The first-order valence-electron chi connectivity index (χ1n) is 11.8. The molecule has 0 unspecified atom stereocenters. The summed E-state index contributed by atoms with van der Waals surface area (Å²) >= 11 is 0. The Hall–Kier alpha value is -3.20. The first-order valence-corrected chi connectivity index (χ1v) is 13.2. The molecule has 8 heteroatoms. The van der Waals surface area contributed by atoms with Crippen molar-refractivity contribution in [3.8, 4) is 5.75 Å². The Morgan fingerprint density at radius 1 is 0.914 bits per heavy atom. The lowest BCUT2D eigenvalue weighted by molar-refractivity contribution is -0.115. The molecule has 0 bridgehead atoms. The lowest BCUT2D eigenvalue weighted by Crippen LogP contribution is -2.35. The van der Waals surface area contributed by atoms with Crippen LogP contribution >= 0.6 is 0 Å². The second-order valence-electron chi connectivity index (χ2n) is 8.51. The van der Waals surface area contributed by atoms with E-state index in [0.29, 0.717) is 24.5 Å². The van der Waals surface area contributed by atoms with Gasteiger partial charge in [-0.1, -0.05) is 67.1 Å². The van der Waals surface area contributed by atoms with Crippen LogP contribution in [-0.2, 0) is 14.8 Å². The number of anilines is 1. The second-order valence-corrected chi connectivity index (χ2v) is 10.4. The minimum absolute atomic E-state index is 0.0285. The topological polar surface area (TPSA) is 87.7 Å². The van der Waals surface area contributed by atoms with Crippen LogP contribution in [0.1, 0.15) is 36.4 Å². The molecule has 0 radical (unpaired) electrons. The van der Waals surface area contributed by atoms with Crippen molar-refractivity contribution < 1.29 is 17.9 Å². The Morgan fingerprint density at radius 3 is 2.09 bits per heavy atom. The zero-order valence-corrected chi connectivity index (χ0v) is 20.6. The average Bonchev–Trinajstić information content (AvgIpc) is 2.90. The monoisotopic (exact) mass is 493 g/mol. The van der Waals surface area contributed by atoms with Crippen molar-refractivity contribution in [2.45, 2.75) is 30.2 Å². The lowest BCUT2D eigenvalue weighted by atomic mass is 9.99. The highest BCUT2D eigenvalue weighted by Crippen LogP contribution is 2.30. The molecule has 0 atom stereocenters. The first kappa shape index (κ1) is 24.9. The Morgan fingerprint density at radius 2 is 1.51 bits per heavy atom. The van der Waals surface area contributed by atoms with Gasteiger partial charge in [-0.2, -0.15) is 4.31 Å². The Bertz CT molecular complexity index is 1190. The number of carbonyl (C=O) groups excluding carboxylic acids is 1. The number of nitrogens with one attached hydrogen (secondary N) is 2. The molecule has 0 spiro atoms. The van der Waals surface area contributed by atoms with Gasteiger partial charge in [-0.05, 0) is 42.2 Å². The highest BCUT2D eigenvalue weighted by molar-refractivity contribution is 7.89. The minimum atomic E-state index is -3.63. The molecule has 1 aliphatic rings. The Kier molecular flexibility index (Phi) is 8.17. The molecule has 1 amide bonds. The van der Waals surface area contributed by atoms with E-state index in [9.17, 15) is 13.2 Å². The molecule has 7 nitrogen and oxygen atoms in total. The van der Waals surface area contributed by atoms with Crippen LogP contribution in [-0.4, -0.2) is 45.4 Å². The van der Waals surface area contributed by atoms with Crippen molar-refractivity contribution in [3.63, 3.8) is 0 Å². The summed E-state index contributed by atoms with van der Waals surface area (Å²) in [6.07, 6.45) is 2.75. The van der Waals surface area contributed by atoms with Gasteiger partial charge in [0.15, 0.2) is 0 Å². The highest BCUT2D eigenvalue weighted by Gasteiger charge is 2.27. The smallest absolute Gasteiger partial charge is 0.243 e. The summed E-state index contributed by atoms with van der Waals surface area (Å²) in [6.45, 7) is 1.06. The summed E-state index contributed by atoms with van der Waals surface area (Å²) < 4.78 is 33.1. The third-order valence-electron chi connectivity index (χ3n) is 6.13. The Balaban J connectivity index is 1.50. The Labute approximate surface area is 207 Å². The van der Waals surface area contributed by atoms with Gasteiger partial charge in [0.2, 0.25) is 15.9 Å². The minimum Gasteiger partial charge on any atom is -0.495 e. The van der Waals surface area contributed by atoms with Crippen LogP contribution in [0.5, 0.6) is 5.75 Å². The number of carbonyl (C=O) groups is 1. The molecular formula is C27H31N3O4S. The standard InChI is InChI=1S/C27H31N3O4S/c1-34-25-16-15-23(35(32,33)30-17-9-4-10-18-30)19-24(25)29-26(31)20-28-27(21-11-5-2-6-12-21)22-13-7-3-8-14-22/h2-3,5-8,11-16,19,27-28H,4,9-10,17-18,20H2,1H3,(H,29,31). The molecule has 35 heavy (non-hydrogen) atoms. The SMILES string of the molecule is COc1ccc(S(=O)(=O)N2CCCCC2)cc1NC(=O)CNC(c1ccccc1)c1ccccc1. The third kappa shape index (κ3) is 6.08. The van der Waals surface area contributed by atoms with Crippen LogP contribution in [0, 0.1) is 0 Å². The van der Waals surface area contributed by atoms with Gasteiger partial charge >= 0.3 is 0 Å². The average molecular weight is 494 g/mol. The van der Waals surface area contributed by atoms with E-state index in [-0.39, 0.29) is 23.4 Å². The molecular weight excluding hydrogens is 462 g/mol. The quantitative estimate of drug-likeness (QED) is 0.467. The van der Waals surface area contributed by atoms with E-state index >= 15 is 0 Å². The number of piperidine rings is 1. The van der Waals surface area contributed by atoms with E-state index in [2.05, 4.69) is 10.6 Å². The number of ether oxygens (including phenoxy) is 1. The number of methoxy groups -OCH3 is 1. The van der Waals surface area contributed by atoms with E-state index in [1.165, 1.54) is 23.5 Å². The molecule has 1 aliphatic heterocycles. The largest absolute Gasteiger partial charge is 0.495 e. The van der Waals surface area contributed by atoms with E-state index in [1.54, 1.807) is 6.07 Å². The van der Waals surface area contributed by atoms with Crippen LogP contribution in [0.25, 0.3) is 0 Å². The number of rotatable bonds is 9. The number of nitrogens with zero attached hydrogens (tertiary/aromatic N) is 1. The van der Waals surface area contributed by atoms with Gasteiger partial charge in [0.25, 0.3) is 0 Å². The summed E-state index contributed by atoms with van der Waals surface area (Å²) in [5.41, 5.74) is 2.41. The molecule has 0 aliphatic carbocycles. The number of hydrogen-bond donors (Lipinski definition) is 2. The maximum atomic E-state index is 13.1. The predicted molar refractivity (Wildman–Crippen MR) is 137 cm³/mol. The highest BCUT2D eigenvalue weighted by atomic mass is 32.2. The lowest BCUT2D eigenvalue weighted by Gasteiger charge is -2.26. The van der Waals surface area contributed by atoms with Crippen molar-refractivity contribution in [3.05, 3.63) is 90.0 Å². The molecule has 1 saturated heterocycles. The molecule has 0 aromatic heterocycles. The summed E-state index contributed by atoms with van der Waals surface area (Å²) in [7, 11) is -2.14. The summed E-state index contributed by atoms with van der Waals surface area (Å²) in [4.78, 5) is 13.1. The third-order valence-corrected chi connectivity index (χ3v) is 8.03. The van der Waals surface area contributed by atoms with E-state index in [4.69, 9.17) is 4.74 Å². The molecule has 3 aromatic carbocycles. The fourth-order valence-corrected chi connectivity index (χ4v) is 5.85. The van der Waals surface area contributed by atoms with E-state index in [0.717, 1.165) is 30.4 Å². The van der Waals surface area contributed by atoms with Crippen molar-refractivity contribution in [2.75, 3.05) is 32.1 Å². The summed E-state index contributed by atoms with van der Waals surface area (Å²) in [5, 5.41) is 6.15. The number of hydrogen-bond acceptors (Lipinski definition) is 5. The maximum Gasteiger partial charge on any atom is 0.243 e. The van der Waals surface area contributed by atoms with Crippen LogP contribution < -0.4 is 15.4 Å². The zero-order valence-electron chi connectivity index (χ0n) is 19.8. The van der Waals surface area contributed by atoms with Gasteiger partial charge in [0, 0.05) is 13.1 Å². The number of benzene rings is 3. The fourth-order valence-electron chi connectivity index (χ4n) is 4.31. The van der Waals surface area contributed by atoms with E-state index in [1.807, 2.05) is 60.7 Å². The molecule has 3 aromatic rings. The van der Waals surface area contributed by atoms with Gasteiger partial charge < -0.3 is 10.1 Å². The van der Waals surface area contributed by atoms with E-state index < -0.39 is 10.0 Å². The second kappa shape index (κ2) is 11.5. The number of amides is 1. The first-order chi connectivity index (χ1) is 17.0. The van der Waals surface area contributed by atoms with Gasteiger partial charge in [-0.25, -0.2) is 8.42 Å². The van der Waals surface area contributed by atoms with Crippen molar-refractivity contribution in [2.24, 2.45) is 0 Å². The summed E-state index contributed by atoms with van der Waals surface area (Å²) in [5.74, 6) is 0.103. The van der Waals surface area contributed by atoms with Crippen LogP contribution in [0.15, 0.2) is 83.8 Å². The maximum absolute atomic E-state index is 13.1. The van der Waals surface area contributed by atoms with Gasteiger partial charge in [-0.15, -0.1) is 0 Å². The fraction of sp³-hybridized carbons (Fsp3) is 0.296. The zero-order chi connectivity index (χ0) is 24.7. The van der Waals surface area contributed by atoms with Crippen molar-refractivity contribution in [1.82, 2.24) is 9.62 Å². The summed E-state index contributed by atoms with van der Waals surface area (Å²) in [6, 6.07) is 24.2. The van der Waals surface area contributed by atoms with Gasteiger partial charge in [0.1, 0.15) is 5.75 Å². The number of sulfonamides is 1. The van der Waals surface area contributed by atoms with Gasteiger partial charge in [-0.3, -0.25) is 10.1 Å². The normalized spacial score (nSPS) is 14.6. The van der Waals surface area contributed by atoms with Crippen LogP contribution in [0.2, 0.25) is 0 Å². The van der Waals surface area contributed by atoms with Gasteiger partial charge in [0.05, 0.1) is 30.3 Å². The molecule has 0 saturated carbocycles. The molecule has 1 fully saturated rings. The van der Waals surface area contributed by atoms with Crippen molar-refractivity contribution in [1.29, 1.82) is 0 Å². The van der Waals surface area contributed by atoms with Crippen LogP contribution in [0.4, 0.5) is 5.69 Å². The molecule has 2 N–H and O–H groups in total. The molecule has 184 valence electrons. The van der Waals surface area contributed by atoms with Crippen LogP contribution in [0.3, 0.4) is 0 Å².